The van der Waals surface area contributed by atoms with Gasteiger partial charge in [-0.25, -0.2) is 0 Å². The van der Waals surface area contributed by atoms with E-state index in [1.165, 1.54) is 6.07 Å². The van der Waals surface area contributed by atoms with Gasteiger partial charge in [0.05, 0.1) is 6.04 Å². The highest BCUT2D eigenvalue weighted by Gasteiger charge is 2.24. The minimum Gasteiger partial charge on any atom is -0.508 e. The lowest BCUT2D eigenvalue weighted by atomic mass is 10.1. The molecular formula is C12H14N2O3. The molecule has 1 saturated heterocycles. The van der Waals surface area contributed by atoms with Crippen LogP contribution in [0.25, 0.3) is 0 Å². The maximum atomic E-state index is 11.9. The zero-order valence-corrected chi connectivity index (χ0v) is 9.49. The molecule has 0 aliphatic carbocycles. The predicted molar refractivity (Wildman–Crippen MR) is 61.7 cm³/mol. The second-order valence-corrected chi connectivity index (χ2v) is 4.13. The third-order valence-electron chi connectivity index (χ3n) is 2.86. The molecule has 0 aromatic heterocycles. The van der Waals surface area contributed by atoms with Crippen LogP contribution in [0.2, 0.25) is 0 Å². The Morgan fingerprint density at radius 1 is 1.53 bits per heavy atom. The number of benzene rings is 1. The molecule has 1 aromatic carbocycles. The lowest BCUT2D eigenvalue weighted by Gasteiger charge is -2.12. The van der Waals surface area contributed by atoms with Crippen molar-refractivity contribution in [2.75, 3.05) is 6.54 Å². The van der Waals surface area contributed by atoms with Crippen LogP contribution in [0.1, 0.15) is 22.3 Å². The van der Waals surface area contributed by atoms with Gasteiger partial charge in [-0.05, 0) is 19.1 Å². The molecule has 1 heterocycles. The Balaban J connectivity index is 2.09. The van der Waals surface area contributed by atoms with Crippen molar-refractivity contribution >= 4 is 11.8 Å². The van der Waals surface area contributed by atoms with Crippen molar-refractivity contribution in [2.45, 2.75) is 19.4 Å². The van der Waals surface area contributed by atoms with Crippen molar-refractivity contribution in [3.05, 3.63) is 29.3 Å². The fourth-order valence-corrected chi connectivity index (χ4v) is 1.84. The van der Waals surface area contributed by atoms with Gasteiger partial charge in [0.15, 0.2) is 0 Å². The molecule has 1 aliphatic rings. The van der Waals surface area contributed by atoms with E-state index in [1.807, 2.05) is 0 Å². The van der Waals surface area contributed by atoms with Gasteiger partial charge >= 0.3 is 0 Å². The summed E-state index contributed by atoms with van der Waals surface area (Å²) in [6.45, 7) is 2.14. The van der Waals surface area contributed by atoms with E-state index in [-0.39, 0.29) is 23.6 Å². The molecule has 1 aliphatic heterocycles. The minimum atomic E-state index is -0.264. The summed E-state index contributed by atoms with van der Waals surface area (Å²) in [7, 11) is 0. The van der Waals surface area contributed by atoms with E-state index in [2.05, 4.69) is 10.6 Å². The zero-order valence-electron chi connectivity index (χ0n) is 9.49. The van der Waals surface area contributed by atoms with E-state index >= 15 is 0 Å². The Hall–Kier alpha value is -2.04. The standard InChI is InChI=1S/C12H14N2O3/c1-7-9(3-2-4-10(7)15)12(17)14-8-5-11(16)13-6-8/h2-4,8,15H,5-6H2,1H3,(H,13,16)(H,14,17). The van der Waals surface area contributed by atoms with Gasteiger partial charge in [0.1, 0.15) is 5.75 Å². The summed E-state index contributed by atoms with van der Waals surface area (Å²) >= 11 is 0. The molecule has 0 radical (unpaired) electrons. The normalized spacial score (nSPS) is 18.9. The Labute approximate surface area is 98.8 Å². The maximum Gasteiger partial charge on any atom is 0.251 e. The molecule has 0 spiro atoms. The van der Waals surface area contributed by atoms with Crippen LogP contribution in [0, 0.1) is 6.92 Å². The second-order valence-electron chi connectivity index (χ2n) is 4.13. The fraction of sp³-hybridized carbons (Fsp3) is 0.333. The molecule has 1 fully saturated rings. The highest BCUT2D eigenvalue weighted by Crippen LogP contribution is 2.19. The molecule has 3 N–H and O–H groups in total. The number of aromatic hydroxyl groups is 1. The lowest BCUT2D eigenvalue weighted by Crippen LogP contribution is -2.36. The molecule has 1 aromatic rings. The van der Waals surface area contributed by atoms with Gasteiger partial charge in [-0.15, -0.1) is 0 Å². The number of hydrogen-bond donors (Lipinski definition) is 3. The van der Waals surface area contributed by atoms with E-state index in [1.54, 1.807) is 19.1 Å². The number of nitrogens with one attached hydrogen (secondary N) is 2. The number of carbonyl (C=O) groups excluding carboxylic acids is 2. The first kappa shape index (κ1) is 11.4. The topological polar surface area (TPSA) is 78.4 Å². The zero-order chi connectivity index (χ0) is 12.4. The van der Waals surface area contributed by atoms with Gasteiger partial charge in [0.25, 0.3) is 5.91 Å². The predicted octanol–water partition coefficient (Wildman–Crippen LogP) is 0.319. The molecule has 1 unspecified atom stereocenters. The highest BCUT2D eigenvalue weighted by atomic mass is 16.3. The number of hydrogen-bond acceptors (Lipinski definition) is 3. The summed E-state index contributed by atoms with van der Waals surface area (Å²) in [6, 6.07) is 4.63. The van der Waals surface area contributed by atoms with Crippen LogP contribution in [-0.4, -0.2) is 29.5 Å². The Kier molecular flexibility index (Phi) is 2.99. The number of phenolic OH excluding ortho intramolecular Hbond substituents is 1. The quantitative estimate of drug-likeness (QED) is 0.689. The molecule has 5 nitrogen and oxygen atoms in total. The summed E-state index contributed by atoms with van der Waals surface area (Å²) in [4.78, 5) is 22.9. The molecule has 1 atom stereocenters. The smallest absolute Gasteiger partial charge is 0.251 e. The lowest BCUT2D eigenvalue weighted by molar-refractivity contribution is -0.119. The van der Waals surface area contributed by atoms with E-state index in [0.29, 0.717) is 24.1 Å². The third kappa shape index (κ3) is 2.38. The van der Waals surface area contributed by atoms with Crippen LogP contribution in [0.5, 0.6) is 5.75 Å². The monoisotopic (exact) mass is 234 g/mol. The highest BCUT2D eigenvalue weighted by molar-refractivity contribution is 5.97. The van der Waals surface area contributed by atoms with Crippen LogP contribution < -0.4 is 10.6 Å². The van der Waals surface area contributed by atoms with E-state index < -0.39 is 0 Å². The second kappa shape index (κ2) is 4.45. The Morgan fingerprint density at radius 3 is 2.94 bits per heavy atom. The molecule has 90 valence electrons. The first-order chi connectivity index (χ1) is 8.08. The SMILES string of the molecule is Cc1c(O)cccc1C(=O)NC1CNC(=O)C1. The van der Waals surface area contributed by atoms with Crippen LogP contribution in [0.3, 0.4) is 0 Å². The molecule has 0 bridgehead atoms. The molecule has 0 saturated carbocycles. The summed E-state index contributed by atoms with van der Waals surface area (Å²) < 4.78 is 0. The number of amides is 2. The van der Waals surface area contributed by atoms with Gasteiger partial charge < -0.3 is 15.7 Å². The van der Waals surface area contributed by atoms with Crippen LogP contribution >= 0.6 is 0 Å². The van der Waals surface area contributed by atoms with Crippen LogP contribution in [0.4, 0.5) is 0 Å². The Morgan fingerprint density at radius 2 is 2.29 bits per heavy atom. The van der Waals surface area contributed by atoms with Crippen molar-refractivity contribution in [3.63, 3.8) is 0 Å². The summed E-state index contributed by atoms with van der Waals surface area (Å²) in [6.07, 6.45) is 0.309. The Bertz CT molecular complexity index is 471. The van der Waals surface area contributed by atoms with Crippen LogP contribution in [-0.2, 0) is 4.79 Å². The van der Waals surface area contributed by atoms with Gasteiger partial charge in [-0.3, -0.25) is 9.59 Å². The van der Waals surface area contributed by atoms with Crippen molar-refractivity contribution in [2.24, 2.45) is 0 Å². The molecule has 5 heteroatoms. The molecule has 2 rings (SSSR count). The average molecular weight is 234 g/mol. The van der Waals surface area contributed by atoms with E-state index in [0.717, 1.165) is 0 Å². The van der Waals surface area contributed by atoms with E-state index in [4.69, 9.17) is 0 Å². The summed E-state index contributed by atoms with van der Waals surface area (Å²) in [5, 5.41) is 14.9. The largest absolute Gasteiger partial charge is 0.508 e. The third-order valence-corrected chi connectivity index (χ3v) is 2.86. The molecular weight excluding hydrogens is 220 g/mol. The average Bonchev–Trinajstić information content (AvgIpc) is 2.68. The van der Waals surface area contributed by atoms with Crippen molar-refractivity contribution in [1.29, 1.82) is 0 Å². The van der Waals surface area contributed by atoms with Crippen molar-refractivity contribution < 1.29 is 14.7 Å². The van der Waals surface area contributed by atoms with Gasteiger partial charge in [0, 0.05) is 24.1 Å². The summed E-state index contributed by atoms with van der Waals surface area (Å²) in [5.41, 5.74) is 0.978. The van der Waals surface area contributed by atoms with Crippen LogP contribution in [0.15, 0.2) is 18.2 Å². The van der Waals surface area contributed by atoms with Gasteiger partial charge in [-0.2, -0.15) is 0 Å². The van der Waals surface area contributed by atoms with E-state index in [9.17, 15) is 14.7 Å². The first-order valence-corrected chi connectivity index (χ1v) is 5.44. The first-order valence-electron chi connectivity index (χ1n) is 5.44. The maximum absolute atomic E-state index is 11.9. The fourth-order valence-electron chi connectivity index (χ4n) is 1.84. The van der Waals surface area contributed by atoms with Gasteiger partial charge in [0.2, 0.25) is 5.91 Å². The molecule has 17 heavy (non-hydrogen) atoms. The summed E-state index contributed by atoms with van der Waals surface area (Å²) in [5.74, 6) is -0.221. The minimum absolute atomic E-state index is 0.0528. The number of phenols is 1. The molecule has 2 amide bonds. The van der Waals surface area contributed by atoms with Crippen molar-refractivity contribution in [1.82, 2.24) is 10.6 Å². The van der Waals surface area contributed by atoms with Gasteiger partial charge in [-0.1, -0.05) is 6.07 Å². The number of rotatable bonds is 2. The van der Waals surface area contributed by atoms with Crippen molar-refractivity contribution in [3.8, 4) is 5.75 Å². The number of carbonyl (C=O) groups is 2.